The lowest BCUT2D eigenvalue weighted by Crippen LogP contribution is -1.96. The topological polar surface area (TPSA) is 58.8 Å². The number of hydrogen-bond acceptors (Lipinski definition) is 4. The third-order valence-electron chi connectivity index (χ3n) is 1.94. The average Bonchev–Trinajstić information content (AvgIpc) is 2.32. The van der Waals surface area contributed by atoms with Crippen molar-refractivity contribution in [3.63, 3.8) is 0 Å². The molecule has 0 amide bonds. The Balaban J connectivity index is 2.40. The molecule has 1 heterocycles. The Morgan fingerprint density at radius 3 is 2.44 bits per heavy atom. The van der Waals surface area contributed by atoms with E-state index >= 15 is 0 Å². The minimum atomic E-state index is -0.0777. The van der Waals surface area contributed by atoms with Crippen LogP contribution < -0.4 is 4.74 Å². The molecule has 0 aliphatic heterocycles. The third-order valence-corrected chi connectivity index (χ3v) is 2.92. The standard InChI is InChI=1S/C11H4BrCl2N3O/c12-6-1-3-7(4-2-6)18-10-8(5-15)9(13)16-11(14)17-10/h1-4H. The lowest BCUT2D eigenvalue weighted by Gasteiger charge is -2.07. The van der Waals surface area contributed by atoms with Gasteiger partial charge in [-0.1, -0.05) is 27.5 Å². The van der Waals surface area contributed by atoms with Gasteiger partial charge in [-0.3, -0.25) is 0 Å². The van der Waals surface area contributed by atoms with Crippen molar-refractivity contribution in [2.75, 3.05) is 0 Å². The number of nitriles is 1. The van der Waals surface area contributed by atoms with Gasteiger partial charge in [0, 0.05) is 4.47 Å². The van der Waals surface area contributed by atoms with Crippen LogP contribution in [-0.4, -0.2) is 9.97 Å². The summed E-state index contributed by atoms with van der Waals surface area (Å²) >= 11 is 14.8. The SMILES string of the molecule is N#Cc1c(Cl)nc(Cl)nc1Oc1ccc(Br)cc1. The van der Waals surface area contributed by atoms with Crippen LogP contribution in [0.15, 0.2) is 28.7 Å². The van der Waals surface area contributed by atoms with Gasteiger partial charge < -0.3 is 4.74 Å². The van der Waals surface area contributed by atoms with Crippen molar-refractivity contribution >= 4 is 39.1 Å². The van der Waals surface area contributed by atoms with Crippen LogP contribution >= 0.6 is 39.1 Å². The van der Waals surface area contributed by atoms with Gasteiger partial charge in [-0.05, 0) is 35.9 Å². The number of ether oxygens (including phenoxy) is 1. The van der Waals surface area contributed by atoms with Crippen molar-refractivity contribution in [2.45, 2.75) is 0 Å². The summed E-state index contributed by atoms with van der Waals surface area (Å²) in [7, 11) is 0. The second-order valence-corrected chi connectivity index (χ2v) is 4.74. The first kappa shape index (κ1) is 13.1. The molecule has 0 saturated heterocycles. The predicted molar refractivity (Wildman–Crippen MR) is 71.0 cm³/mol. The highest BCUT2D eigenvalue weighted by Crippen LogP contribution is 2.28. The molecular weight excluding hydrogens is 341 g/mol. The third kappa shape index (κ3) is 2.91. The Morgan fingerprint density at radius 2 is 1.83 bits per heavy atom. The first-order chi connectivity index (χ1) is 8.60. The van der Waals surface area contributed by atoms with Crippen LogP contribution in [0.5, 0.6) is 11.6 Å². The summed E-state index contributed by atoms with van der Waals surface area (Å²) < 4.78 is 6.36. The Kier molecular flexibility index (Phi) is 4.02. The van der Waals surface area contributed by atoms with E-state index in [1.165, 1.54) is 0 Å². The smallest absolute Gasteiger partial charge is 0.243 e. The van der Waals surface area contributed by atoms with Gasteiger partial charge in [0.2, 0.25) is 11.2 Å². The largest absolute Gasteiger partial charge is 0.437 e. The summed E-state index contributed by atoms with van der Waals surface area (Å²) in [6.07, 6.45) is 0. The molecule has 1 aromatic carbocycles. The fourth-order valence-electron chi connectivity index (χ4n) is 1.17. The van der Waals surface area contributed by atoms with Gasteiger partial charge in [0.1, 0.15) is 11.8 Å². The fourth-order valence-corrected chi connectivity index (χ4v) is 1.84. The summed E-state index contributed by atoms with van der Waals surface area (Å²) in [5, 5.41) is 8.85. The number of aromatic nitrogens is 2. The first-order valence-corrected chi connectivity index (χ1v) is 6.21. The van der Waals surface area contributed by atoms with Crippen LogP contribution in [-0.2, 0) is 0 Å². The minimum Gasteiger partial charge on any atom is -0.437 e. The fraction of sp³-hybridized carbons (Fsp3) is 0. The van der Waals surface area contributed by atoms with E-state index < -0.39 is 0 Å². The van der Waals surface area contributed by atoms with Crippen LogP contribution in [0.1, 0.15) is 5.56 Å². The summed E-state index contributed by atoms with van der Waals surface area (Å²) in [6.45, 7) is 0. The van der Waals surface area contributed by atoms with Gasteiger partial charge in [0.15, 0.2) is 10.7 Å². The highest BCUT2D eigenvalue weighted by atomic mass is 79.9. The van der Waals surface area contributed by atoms with Gasteiger partial charge in [0.05, 0.1) is 0 Å². The molecule has 1 aromatic heterocycles. The van der Waals surface area contributed by atoms with E-state index in [1.54, 1.807) is 24.3 Å². The zero-order valence-electron chi connectivity index (χ0n) is 8.69. The zero-order valence-corrected chi connectivity index (χ0v) is 11.8. The number of hydrogen-bond donors (Lipinski definition) is 0. The molecular formula is C11H4BrCl2N3O. The predicted octanol–water partition coefficient (Wildman–Crippen LogP) is 4.21. The molecule has 0 bridgehead atoms. The van der Waals surface area contributed by atoms with E-state index in [4.69, 9.17) is 33.2 Å². The van der Waals surface area contributed by atoms with E-state index in [0.29, 0.717) is 5.75 Å². The van der Waals surface area contributed by atoms with Crippen LogP contribution in [0.25, 0.3) is 0 Å². The Labute approximate surface area is 121 Å². The maximum absolute atomic E-state index is 8.97. The van der Waals surface area contributed by atoms with Crippen LogP contribution in [0.2, 0.25) is 10.4 Å². The number of halogens is 3. The molecule has 0 N–H and O–H groups in total. The van der Waals surface area contributed by atoms with Gasteiger partial charge in [-0.25, -0.2) is 4.98 Å². The average molecular weight is 345 g/mol. The van der Waals surface area contributed by atoms with Gasteiger partial charge in [0.25, 0.3) is 0 Å². The highest BCUT2D eigenvalue weighted by Gasteiger charge is 2.14. The minimum absolute atomic E-state index is 0.0322. The molecule has 0 saturated carbocycles. The number of nitrogens with zero attached hydrogens (tertiary/aromatic N) is 3. The van der Waals surface area contributed by atoms with E-state index in [0.717, 1.165) is 4.47 Å². The maximum atomic E-state index is 8.97. The molecule has 2 rings (SSSR count). The van der Waals surface area contributed by atoms with Crippen molar-refractivity contribution in [2.24, 2.45) is 0 Å². The first-order valence-electron chi connectivity index (χ1n) is 4.66. The van der Waals surface area contributed by atoms with Gasteiger partial charge in [-0.2, -0.15) is 10.2 Å². The monoisotopic (exact) mass is 343 g/mol. The second-order valence-electron chi connectivity index (χ2n) is 3.13. The van der Waals surface area contributed by atoms with Crippen LogP contribution in [0.4, 0.5) is 0 Å². The van der Waals surface area contributed by atoms with Crippen molar-refractivity contribution in [3.05, 3.63) is 44.7 Å². The molecule has 7 heteroatoms. The highest BCUT2D eigenvalue weighted by molar-refractivity contribution is 9.10. The van der Waals surface area contributed by atoms with E-state index in [2.05, 4.69) is 25.9 Å². The normalized spacial score (nSPS) is 9.89. The molecule has 0 radical (unpaired) electrons. The van der Waals surface area contributed by atoms with Gasteiger partial charge >= 0.3 is 0 Å². The van der Waals surface area contributed by atoms with Crippen LogP contribution in [0, 0.1) is 11.3 Å². The van der Waals surface area contributed by atoms with Gasteiger partial charge in [-0.15, -0.1) is 0 Å². The molecule has 0 spiro atoms. The number of rotatable bonds is 2. The molecule has 0 unspecified atom stereocenters. The summed E-state index contributed by atoms with van der Waals surface area (Å²) in [6, 6.07) is 8.90. The molecule has 2 aromatic rings. The van der Waals surface area contributed by atoms with Crippen molar-refractivity contribution in [3.8, 4) is 17.7 Å². The summed E-state index contributed by atoms with van der Waals surface area (Å²) in [4.78, 5) is 7.51. The second kappa shape index (κ2) is 5.53. The zero-order chi connectivity index (χ0) is 13.1. The molecule has 0 aliphatic carbocycles. The maximum Gasteiger partial charge on any atom is 0.243 e. The lowest BCUT2D eigenvalue weighted by molar-refractivity contribution is 0.460. The number of benzene rings is 1. The summed E-state index contributed by atoms with van der Waals surface area (Å²) in [5.74, 6) is 0.547. The van der Waals surface area contributed by atoms with Crippen molar-refractivity contribution in [1.29, 1.82) is 5.26 Å². The van der Waals surface area contributed by atoms with E-state index in [1.807, 2.05) is 6.07 Å². The molecule has 0 atom stereocenters. The van der Waals surface area contributed by atoms with Crippen molar-refractivity contribution < 1.29 is 4.74 Å². The molecule has 4 nitrogen and oxygen atoms in total. The van der Waals surface area contributed by atoms with E-state index in [9.17, 15) is 0 Å². The molecule has 90 valence electrons. The lowest BCUT2D eigenvalue weighted by atomic mass is 10.3. The Hall–Kier alpha value is -1.35. The molecule has 18 heavy (non-hydrogen) atoms. The molecule has 0 aliphatic rings. The van der Waals surface area contributed by atoms with E-state index in [-0.39, 0.29) is 21.9 Å². The van der Waals surface area contributed by atoms with Crippen LogP contribution in [0.3, 0.4) is 0 Å². The quantitative estimate of drug-likeness (QED) is 0.604. The molecule has 0 fully saturated rings. The Bertz CT molecular complexity index is 625. The summed E-state index contributed by atoms with van der Waals surface area (Å²) in [5.41, 5.74) is 0.0454. The Morgan fingerprint density at radius 1 is 1.17 bits per heavy atom. The van der Waals surface area contributed by atoms with Crippen molar-refractivity contribution in [1.82, 2.24) is 9.97 Å².